The average Bonchev–Trinajstić information content (AvgIpc) is 2.64. The highest BCUT2D eigenvalue weighted by Crippen LogP contribution is 2.50. The molecule has 2 N–H and O–H groups in total. The highest BCUT2D eigenvalue weighted by molar-refractivity contribution is 4.93. The van der Waals surface area contributed by atoms with Crippen molar-refractivity contribution in [3.63, 3.8) is 0 Å². The van der Waals surface area contributed by atoms with Crippen LogP contribution in [0.1, 0.15) is 39.0 Å². The summed E-state index contributed by atoms with van der Waals surface area (Å²) in [7, 11) is 0. The fourth-order valence-corrected chi connectivity index (χ4v) is 3.26. The molecule has 0 aromatic carbocycles. The second-order valence-electron chi connectivity index (χ2n) is 5.26. The Kier molecular flexibility index (Phi) is 2.35. The van der Waals surface area contributed by atoms with Crippen molar-refractivity contribution in [2.75, 3.05) is 6.54 Å². The molecule has 4 atom stereocenters. The fourth-order valence-electron chi connectivity index (χ4n) is 3.26. The van der Waals surface area contributed by atoms with E-state index in [1.54, 1.807) is 6.92 Å². The first-order valence-corrected chi connectivity index (χ1v) is 5.50. The first kappa shape index (κ1) is 9.45. The molecule has 2 heteroatoms. The third-order valence-electron chi connectivity index (χ3n) is 4.00. The minimum absolute atomic E-state index is 0.181. The molecule has 4 unspecified atom stereocenters. The second kappa shape index (κ2) is 3.23. The van der Waals surface area contributed by atoms with Crippen LogP contribution in [0.25, 0.3) is 0 Å². The number of alkyl halides is 1. The predicted molar refractivity (Wildman–Crippen MR) is 52.1 cm³/mol. The topological polar surface area (TPSA) is 26.0 Å². The smallest absolute Gasteiger partial charge is 0.120 e. The van der Waals surface area contributed by atoms with Crippen molar-refractivity contribution >= 4 is 0 Å². The van der Waals surface area contributed by atoms with Gasteiger partial charge in [0.1, 0.15) is 5.67 Å². The maximum Gasteiger partial charge on any atom is 0.120 e. The van der Waals surface area contributed by atoms with Crippen LogP contribution in [0.4, 0.5) is 4.39 Å². The molecule has 0 aromatic rings. The molecule has 76 valence electrons. The standard InChI is InChI=1S/C11H20FN/c1-11(12,7-13)6-10-5-8-2-3-9(10)4-8/h8-10H,2-7,13H2,1H3. The molecule has 0 heterocycles. The monoisotopic (exact) mass is 185 g/mol. The van der Waals surface area contributed by atoms with E-state index in [4.69, 9.17) is 5.73 Å². The van der Waals surface area contributed by atoms with Crippen LogP contribution in [-0.2, 0) is 0 Å². The summed E-state index contributed by atoms with van der Waals surface area (Å²) in [6.45, 7) is 1.83. The normalized spacial score (nSPS) is 42.2. The van der Waals surface area contributed by atoms with E-state index in [1.165, 1.54) is 25.7 Å². The summed E-state index contributed by atoms with van der Waals surface area (Å²) in [6, 6.07) is 0. The number of halogens is 1. The molecule has 0 aromatic heterocycles. The molecule has 0 amide bonds. The summed E-state index contributed by atoms with van der Waals surface area (Å²) in [5, 5.41) is 0. The van der Waals surface area contributed by atoms with Crippen LogP contribution >= 0.6 is 0 Å². The molecule has 2 bridgehead atoms. The van der Waals surface area contributed by atoms with Gasteiger partial charge in [-0.25, -0.2) is 4.39 Å². The molecule has 2 rings (SSSR count). The summed E-state index contributed by atoms with van der Waals surface area (Å²) in [5.41, 5.74) is 4.29. The zero-order valence-corrected chi connectivity index (χ0v) is 8.43. The van der Waals surface area contributed by atoms with Gasteiger partial charge in [-0.2, -0.15) is 0 Å². The first-order valence-electron chi connectivity index (χ1n) is 5.50. The molecule has 13 heavy (non-hydrogen) atoms. The lowest BCUT2D eigenvalue weighted by Crippen LogP contribution is -2.33. The predicted octanol–water partition coefficient (Wildman–Crippen LogP) is 2.50. The van der Waals surface area contributed by atoms with Gasteiger partial charge in [-0.15, -0.1) is 0 Å². The third-order valence-corrected chi connectivity index (χ3v) is 4.00. The van der Waals surface area contributed by atoms with Crippen molar-refractivity contribution in [3.05, 3.63) is 0 Å². The van der Waals surface area contributed by atoms with Crippen molar-refractivity contribution in [2.24, 2.45) is 23.5 Å². The lowest BCUT2D eigenvalue weighted by atomic mass is 9.81. The quantitative estimate of drug-likeness (QED) is 0.718. The second-order valence-corrected chi connectivity index (χ2v) is 5.26. The zero-order valence-electron chi connectivity index (χ0n) is 8.43. The highest BCUT2D eigenvalue weighted by atomic mass is 19.1. The van der Waals surface area contributed by atoms with E-state index in [1.807, 2.05) is 0 Å². The molecule has 2 aliphatic rings. The number of hydrogen-bond acceptors (Lipinski definition) is 1. The van der Waals surface area contributed by atoms with Gasteiger partial charge in [-0.1, -0.05) is 6.42 Å². The Morgan fingerprint density at radius 3 is 2.62 bits per heavy atom. The van der Waals surface area contributed by atoms with Crippen LogP contribution in [0, 0.1) is 17.8 Å². The summed E-state index contributed by atoms with van der Waals surface area (Å²) < 4.78 is 13.7. The van der Waals surface area contributed by atoms with Crippen LogP contribution < -0.4 is 5.73 Å². The van der Waals surface area contributed by atoms with Crippen LogP contribution in [0.2, 0.25) is 0 Å². The van der Waals surface area contributed by atoms with Gasteiger partial charge in [0.15, 0.2) is 0 Å². The minimum Gasteiger partial charge on any atom is -0.328 e. The molecule has 2 saturated carbocycles. The Morgan fingerprint density at radius 1 is 1.38 bits per heavy atom. The van der Waals surface area contributed by atoms with Crippen LogP contribution in [-0.4, -0.2) is 12.2 Å². The molecular weight excluding hydrogens is 165 g/mol. The minimum atomic E-state index is -1.12. The summed E-state index contributed by atoms with van der Waals surface area (Å²) in [5.74, 6) is 2.38. The molecule has 2 fully saturated rings. The highest BCUT2D eigenvalue weighted by Gasteiger charge is 2.42. The summed E-state index contributed by atoms with van der Waals surface area (Å²) >= 11 is 0. The Hall–Kier alpha value is -0.110. The van der Waals surface area contributed by atoms with Gasteiger partial charge in [-0.3, -0.25) is 0 Å². The lowest BCUT2D eigenvalue weighted by Gasteiger charge is -2.28. The average molecular weight is 185 g/mol. The number of fused-ring (bicyclic) bond motifs is 2. The maximum absolute atomic E-state index is 13.7. The van der Waals surface area contributed by atoms with Gasteiger partial charge in [0, 0.05) is 6.54 Å². The van der Waals surface area contributed by atoms with Gasteiger partial charge in [0.25, 0.3) is 0 Å². The van der Waals surface area contributed by atoms with E-state index in [-0.39, 0.29) is 6.54 Å². The van der Waals surface area contributed by atoms with Gasteiger partial charge in [0.2, 0.25) is 0 Å². The summed E-state index contributed by atoms with van der Waals surface area (Å²) in [6.07, 6.45) is 6.07. The summed E-state index contributed by atoms with van der Waals surface area (Å²) in [4.78, 5) is 0. The van der Waals surface area contributed by atoms with Gasteiger partial charge < -0.3 is 5.73 Å². The lowest BCUT2D eigenvalue weighted by molar-refractivity contribution is 0.131. The van der Waals surface area contributed by atoms with Gasteiger partial charge >= 0.3 is 0 Å². The largest absolute Gasteiger partial charge is 0.328 e. The number of nitrogens with two attached hydrogens (primary N) is 1. The van der Waals surface area contributed by atoms with E-state index < -0.39 is 5.67 Å². The Bertz CT molecular complexity index is 191. The molecule has 0 spiro atoms. The third kappa shape index (κ3) is 1.88. The zero-order chi connectivity index (χ0) is 9.47. The maximum atomic E-state index is 13.7. The Morgan fingerprint density at radius 2 is 2.15 bits per heavy atom. The molecule has 0 aliphatic heterocycles. The number of hydrogen-bond donors (Lipinski definition) is 1. The fraction of sp³-hybridized carbons (Fsp3) is 1.00. The van der Waals surface area contributed by atoms with E-state index in [2.05, 4.69) is 0 Å². The van der Waals surface area contributed by atoms with Crippen molar-refractivity contribution in [2.45, 2.75) is 44.7 Å². The molecule has 0 saturated heterocycles. The van der Waals surface area contributed by atoms with Crippen molar-refractivity contribution in [3.8, 4) is 0 Å². The SMILES string of the molecule is CC(F)(CN)CC1CC2CCC1C2. The van der Waals surface area contributed by atoms with E-state index in [9.17, 15) is 4.39 Å². The Balaban J connectivity index is 1.89. The van der Waals surface area contributed by atoms with E-state index >= 15 is 0 Å². The first-order chi connectivity index (χ1) is 6.11. The van der Waals surface area contributed by atoms with Crippen molar-refractivity contribution in [1.29, 1.82) is 0 Å². The van der Waals surface area contributed by atoms with Crippen LogP contribution in [0.3, 0.4) is 0 Å². The van der Waals surface area contributed by atoms with Gasteiger partial charge in [-0.05, 0) is 50.4 Å². The van der Waals surface area contributed by atoms with Crippen molar-refractivity contribution < 1.29 is 4.39 Å². The molecule has 1 nitrogen and oxygen atoms in total. The van der Waals surface area contributed by atoms with Gasteiger partial charge in [0.05, 0.1) is 0 Å². The van der Waals surface area contributed by atoms with Crippen LogP contribution in [0.5, 0.6) is 0 Å². The van der Waals surface area contributed by atoms with Crippen molar-refractivity contribution in [1.82, 2.24) is 0 Å². The molecular formula is C11H20FN. The van der Waals surface area contributed by atoms with E-state index in [0.29, 0.717) is 12.3 Å². The van der Waals surface area contributed by atoms with Crippen LogP contribution in [0.15, 0.2) is 0 Å². The number of rotatable bonds is 3. The van der Waals surface area contributed by atoms with E-state index in [0.717, 1.165) is 11.8 Å². The molecule has 2 aliphatic carbocycles. The Labute approximate surface area is 79.9 Å². The molecule has 0 radical (unpaired) electrons.